The number of nitrogens with one attached hydrogen (secondary N) is 1. The SMILES string of the molecule is O=C(O)CC1CC2(C1)CN(c1ccc(NC(=O)c3nnc(Cc4ccccc4)o3)cn1)C2. The summed E-state index contributed by atoms with van der Waals surface area (Å²) < 4.78 is 5.48. The predicted octanol–water partition coefficient (Wildman–Crippen LogP) is 3.00. The van der Waals surface area contributed by atoms with Crippen molar-refractivity contribution in [3.63, 3.8) is 0 Å². The molecule has 0 unspecified atom stereocenters. The van der Waals surface area contributed by atoms with E-state index >= 15 is 0 Å². The van der Waals surface area contributed by atoms with E-state index in [1.54, 1.807) is 12.3 Å². The maximum absolute atomic E-state index is 12.4. The van der Waals surface area contributed by atoms with Crippen LogP contribution < -0.4 is 10.2 Å². The minimum Gasteiger partial charge on any atom is -0.481 e. The van der Waals surface area contributed by atoms with Gasteiger partial charge < -0.3 is 19.7 Å². The van der Waals surface area contributed by atoms with Crippen molar-refractivity contribution in [1.29, 1.82) is 0 Å². The Balaban J connectivity index is 1.12. The van der Waals surface area contributed by atoms with Gasteiger partial charge in [-0.05, 0) is 36.5 Å². The van der Waals surface area contributed by atoms with Gasteiger partial charge in [-0.3, -0.25) is 9.59 Å². The van der Waals surface area contributed by atoms with Gasteiger partial charge >= 0.3 is 17.8 Å². The van der Waals surface area contributed by atoms with E-state index in [9.17, 15) is 9.59 Å². The third-order valence-electron chi connectivity index (χ3n) is 6.15. The zero-order valence-electron chi connectivity index (χ0n) is 17.4. The van der Waals surface area contributed by atoms with Crippen LogP contribution in [0.1, 0.15) is 41.4 Å². The first-order valence-corrected chi connectivity index (χ1v) is 10.6. The van der Waals surface area contributed by atoms with E-state index in [0.717, 1.165) is 37.3 Å². The minimum atomic E-state index is -0.715. The Morgan fingerprint density at radius 3 is 2.59 bits per heavy atom. The number of amides is 1. The van der Waals surface area contributed by atoms with Crippen LogP contribution >= 0.6 is 0 Å². The van der Waals surface area contributed by atoms with Crippen LogP contribution in [0, 0.1) is 11.3 Å². The largest absolute Gasteiger partial charge is 0.481 e. The van der Waals surface area contributed by atoms with Crippen molar-refractivity contribution in [2.24, 2.45) is 11.3 Å². The van der Waals surface area contributed by atoms with Gasteiger partial charge in [0.05, 0.1) is 18.3 Å². The van der Waals surface area contributed by atoms with E-state index in [-0.39, 0.29) is 17.7 Å². The van der Waals surface area contributed by atoms with Crippen LogP contribution in [0.3, 0.4) is 0 Å². The lowest BCUT2D eigenvalue weighted by Crippen LogP contribution is -2.62. The molecule has 9 heteroatoms. The molecule has 9 nitrogen and oxygen atoms in total. The number of rotatable bonds is 7. The highest BCUT2D eigenvalue weighted by atomic mass is 16.4. The first kappa shape index (κ1) is 20.2. The second kappa shape index (κ2) is 8.07. The lowest BCUT2D eigenvalue weighted by molar-refractivity contribution is -0.140. The first-order chi connectivity index (χ1) is 15.5. The molecule has 1 aliphatic heterocycles. The second-order valence-electron chi connectivity index (χ2n) is 8.75. The fraction of sp³-hybridized carbons (Fsp3) is 0.348. The lowest BCUT2D eigenvalue weighted by atomic mass is 9.57. The van der Waals surface area contributed by atoms with Gasteiger partial charge in [0, 0.05) is 24.9 Å². The zero-order chi connectivity index (χ0) is 22.1. The van der Waals surface area contributed by atoms with E-state index < -0.39 is 11.9 Å². The summed E-state index contributed by atoms with van der Waals surface area (Å²) in [6.45, 7) is 1.79. The average molecular weight is 433 g/mol. The Morgan fingerprint density at radius 2 is 1.91 bits per heavy atom. The number of pyridine rings is 1. The minimum absolute atomic E-state index is 0.0920. The van der Waals surface area contributed by atoms with Crippen molar-refractivity contribution in [3.8, 4) is 0 Å². The topological polar surface area (TPSA) is 121 Å². The van der Waals surface area contributed by atoms with E-state index in [4.69, 9.17) is 9.52 Å². The summed E-state index contributed by atoms with van der Waals surface area (Å²) in [6, 6.07) is 13.4. The smallest absolute Gasteiger partial charge is 0.313 e. The summed E-state index contributed by atoms with van der Waals surface area (Å²) >= 11 is 0. The molecule has 1 amide bonds. The quantitative estimate of drug-likeness (QED) is 0.583. The second-order valence-corrected chi connectivity index (χ2v) is 8.75. The summed E-state index contributed by atoms with van der Waals surface area (Å²) in [4.78, 5) is 29.9. The molecule has 5 rings (SSSR count). The average Bonchev–Trinajstić information content (AvgIpc) is 3.19. The number of carboxylic acids is 1. The zero-order valence-corrected chi connectivity index (χ0v) is 17.4. The molecule has 1 spiro atoms. The summed E-state index contributed by atoms with van der Waals surface area (Å²) in [6.07, 6.45) is 4.28. The number of benzene rings is 1. The molecule has 3 aromatic rings. The standard InChI is InChI=1S/C23H23N5O4/c29-20(30)9-16-10-23(11-16)13-28(14-23)18-7-6-17(12-24-18)25-21(31)22-27-26-19(32-22)8-15-4-2-1-3-5-15/h1-7,12,16H,8-11,13-14H2,(H,25,31)(H,29,30). The number of hydrogen-bond acceptors (Lipinski definition) is 7. The fourth-order valence-electron chi connectivity index (χ4n) is 4.76. The van der Waals surface area contributed by atoms with E-state index in [1.807, 2.05) is 36.4 Å². The Labute approximate surface area is 184 Å². The van der Waals surface area contributed by atoms with Crippen LogP contribution in [-0.4, -0.2) is 45.3 Å². The molecule has 0 radical (unpaired) electrons. The molecule has 3 heterocycles. The van der Waals surface area contributed by atoms with Crippen molar-refractivity contribution in [2.45, 2.75) is 25.7 Å². The summed E-state index contributed by atoms with van der Waals surface area (Å²) in [5, 5.41) is 19.4. The van der Waals surface area contributed by atoms with Crippen LogP contribution in [0.25, 0.3) is 0 Å². The van der Waals surface area contributed by atoms with Crippen LogP contribution in [-0.2, 0) is 11.2 Å². The van der Waals surface area contributed by atoms with Crippen LogP contribution in [0.2, 0.25) is 0 Å². The molecule has 1 saturated carbocycles. The van der Waals surface area contributed by atoms with Gasteiger partial charge in [0.1, 0.15) is 5.82 Å². The molecular weight excluding hydrogens is 410 g/mol. The molecule has 0 atom stereocenters. The number of carbonyl (C=O) groups is 2. The molecule has 2 aromatic heterocycles. The van der Waals surface area contributed by atoms with Crippen molar-refractivity contribution in [2.75, 3.05) is 23.3 Å². The number of aromatic nitrogens is 3. The number of hydrogen-bond donors (Lipinski definition) is 2. The van der Waals surface area contributed by atoms with Crippen LogP contribution in [0.15, 0.2) is 53.1 Å². The molecule has 1 saturated heterocycles. The van der Waals surface area contributed by atoms with E-state index in [2.05, 4.69) is 25.4 Å². The van der Waals surface area contributed by atoms with Gasteiger partial charge in [0.25, 0.3) is 0 Å². The van der Waals surface area contributed by atoms with Gasteiger partial charge in [0.2, 0.25) is 5.89 Å². The van der Waals surface area contributed by atoms with Gasteiger partial charge in [-0.1, -0.05) is 30.3 Å². The molecule has 2 fully saturated rings. The highest BCUT2D eigenvalue weighted by Crippen LogP contribution is 2.53. The Hall–Kier alpha value is -3.75. The van der Waals surface area contributed by atoms with Crippen molar-refractivity contribution in [3.05, 3.63) is 66.0 Å². The fourth-order valence-corrected chi connectivity index (χ4v) is 4.76. The number of anilines is 2. The van der Waals surface area contributed by atoms with Crippen molar-refractivity contribution >= 4 is 23.4 Å². The van der Waals surface area contributed by atoms with E-state index in [0.29, 0.717) is 23.9 Å². The summed E-state index contributed by atoms with van der Waals surface area (Å²) in [7, 11) is 0. The van der Waals surface area contributed by atoms with E-state index in [1.165, 1.54) is 0 Å². The molecule has 164 valence electrons. The third-order valence-corrected chi connectivity index (χ3v) is 6.15. The molecule has 1 aliphatic carbocycles. The predicted molar refractivity (Wildman–Crippen MR) is 115 cm³/mol. The Bertz CT molecular complexity index is 1110. The number of carboxylic acid groups (broad SMARTS) is 1. The number of carbonyl (C=O) groups excluding carboxylic acids is 1. The normalized spacial score (nSPS) is 16.9. The van der Waals surface area contributed by atoms with Gasteiger partial charge in [0.15, 0.2) is 0 Å². The molecule has 1 aromatic carbocycles. The van der Waals surface area contributed by atoms with Crippen molar-refractivity contribution < 1.29 is 19.1 Å². The molecular formula is C23H23N5O4. The first-order valence-electron chi connectivity index (χ1n) is 10.6. The number of aliphatic carboxylic acids is 1. The summed E-state index contributed by atoms with van der Waals surface area (Å²) in [5.74, 6) is 0.242. The van der Waals surface area contributed by atoms with Crippen molar-refractivity contribution in [1.82, 2.24) is 15.2 Å². The van der Waals surface area contributed by atoms with Gasteiger partial charge in [-0.15, -0.1) is 10.2 Å². The molecule has 2 aliphatic rings. The van der Waals surface area contributed by atoms with Crippen LogP contribution in [0.5, 0.6) is 0 Å². The third kappa shape index (κ3) is 4.18. The maximum atomic E-state index is 12.4. The highest BCUT2D eigenvalue weighted by Gasteiger charge is 2.52. The Morgan fingerprint density at radius 1 is 1.12 bits per heavy atom. The lowest BCUT2D eigenvalue weighted by Gasteiger charge is -2.59. The van der Waals surface area contributed by atoms with Gasteiger partial charge in [-0.2, -0.15) is 0 Å². The number of nitrogens with zero attached hydrogens (tertiary/aromatic N) is 4. The van der Waals surface area contributed by atoms with Gasteiger partial charge in [-0.25, -0.2) is 4.98 Å². The monoisotopic (exact) mass is 433 g/mol. The highest BCUT2D eigenvalue weighted by molar-refractivity contribution is 6.00. The molecule has 32 heavy (non-hydrogen) atoms. The maximum Gasteiger partial charge on any atom is 0.313 e. The molecule has 0 bridgehead atoms. The summed E-state index contributed by atoms with van der Waals surface area (Å²) in [5.41, 5.74) is 1.82. The Kier molecular flexibility index (Phi) is 5.08. The molecule has 2 N–H and O–H groups in total. The van der Waals surface area contributed by atoms with Crippen LogP contribution in [0.4, 0.5) is 11.5 Å².